The zero-order chi connectivity index (χ0) is 23.7. The number of nitrogens with two attached hydrogens (primary N) is 1. The first kappa shape index (κ1) is 22.0. The van der Waals surface area contributed by atoms with Crippen molar-refractivity contribution < 1.29 is 18.9 Å². The Morgan fingerprint density at radius 2 is 2.00 bits per heavy atom. The number of nitro benzene ring substituents is 1. The maximum atomic E-state index is 13.2. The van der Waals surface area contributed by atoms with Gasteiger partial charge in [0.1, 0.15) is 17.6 Å². The van der Waals surface area contributed by atoms with Gasteiger partial charge in [0.2, 0.25) is 5.91 Å². The molecule has 1 aromatic heterocycles. The molecule has 1 unspecified atom stereocenters. The Balaban J connectivity index is 1.53. The van der Waals surface area contributed by atoms with Crippen molar-refractivity contribution in [1.82, 2.24) is 4.98 Å². The molecule has 2 aromatic carbocycles. The number of carbonyl (C=O) groups is 2. The van der Waals surface area contributed by atoms with E-state index in [0.717, 1.165) is 11.3 Å². The average Bonchev–Trinajstić information content (AvgIpc) is 3.42. The van der Waals surface area contributed by atoms with Crippen molar-refractivity contribution in [3.05, 3.63) is 69.3 Å². The summed E-state index contributed by atoms with van der Waals surface area (Å²) in [4.78, 5) is 39.7. The number of hydrogen-bond donors (Lipinski definition) is 2. The predicted octanol–water partition coefficient (Wildman–Crippen LogP) is 3.22. The second-order valence-electron chi connectivity index (χ2n) is 7.24. The Morgan fingerprint density at radius 1 is 1.27 bits per heavy atom. The monoisotopic (exact) mass is 468 g/mol. The molecule has 0 radical (unpaired) electrons. The van der Waals surface area contributed by atoms with Crippen molar-refractivity contribution in [2.24, 2.45) is 10.8 Å². The fourth-order valence-corrected chi connectivity index (χ4v) is 4.01. The van der Waals surface area contributed by atoms with Crippen molar-refractivity contribution >= 4 is 45.4 Å². The Bertz CT molecular complexity index is 1290. The molecule has 10 nitrogen and oxygen atoms in total. The number of amides is 2. The second-order valence-corrected chi connectivity index (χ2v) is 8.10. The number of aryl methyl sites for hydroxylation is 1. The number of benzene rings is 2. The molecular weight excluding hydrogens is 451 g/mol. The Labute approximate surface area is 190 Å². The van der Waals surface area contributed by atoms with Crippen LogP contribution in [0.1, 0.15) is 12.0 Å². The molecule has 2 heterocycles. The standard InChI is InChI=1S/C21H17FN6O4S/c1-11-2-3-12(8-17(11)28(31)32)16-10-33-21(24-16)25-20(30)15-9-18(19(23)29)27(26-15)14-6-4-13(22)5-7-14/h2-8,10,18H,9H2,1H3,(H2,23,29)(H,24,25,30). The van der Waals surface area contributed by atoms with Crippen LogP contribution in [-0.2, 0) is 9.59 Å². The van der Waals surface area contributed by atoms with Crippen LogP contribution < -0.4 is 16.1 Å². The number of carbonyl (C=O) groups excluding carboxylic acids is 2. The smallest absolute Gasteiger partial charge is 0.273 e. The molecule has 1 aliphatic heterocycles. The van der Waals surface area contributed by atoms with E-state index in [0.29, 0.717) is 22.5 Å². The van der Waals surface area contributed by atoms with Crippen LogP contribution in [0.25, 0.3) is 11.3 Å². The van der Waals surface area contributed by atoms with E-state index < -0.39 is 28.6 Å². The quantitative estimate of drug-likeness (QED) is 0.420. The molecule has 3 N–H and O–H groups in total. The molecule has 12 heteroatoms. The number of primary amides is 1. The normalized spacial score (nSPS) is 15.3. The van der Waals surface area contributed by atoms with E-state index in [2.05, 4.69) is 15.4 Å². The molecule has 4 rings (SSSR count). The van der Waals surface area contributed by atoms with Gasteiger partial charge in [-0.25, -0.2) is 9.37 Å². The van der Waals surface area contributed by atoms with Crippen LogP contribution in [0.5, 0.6) is 0 Å². The molecule has 0 saturated carbocycles. The summed E-state index contributed by atoms with van der Waals surface area (Å²) in [7, 11) is 0. The van der Waals surface area contributed by atoms with E-state index in [1.807, 2.05) is 0 Å². The van der Waals surface area contributed by atoms with Crippen LogP contribution in [0.15, 0.2) is 52.9 Å². The third-order valence-electron chi connectivity index (χ3n) is 5.02. The van der Waals surface area contributed by atoms with Crippen LogP contribution in [0.4, 0.5) is 20.9 Å². The van der Waals surface area contributed by atoms with Crippen molar-refractivity contribution in [2.45, 2.75) is 19.4 Å². The molecule has 0 fully saturated rings. The summed E-state index contributed by atoms with van der Waals surface area (Å²) >= 11 is 1.14. The lowest BCUT2D eigenvalue weighted by atomic mass is 10.1. The highest BCUT2D eigenvalue weighted by molar-refractivity contribution is 7.14. The molecule has 168 valence electrons. The first-order valence-electron chi connectivity index (χ1n) is 9.67. The predicted molar refractivity (Wildman–Crippen MR) is 121 cm³/mol. The molecule has 1 aliphatic rings. The third-order valence-corrected chi connectivity index (χ3v) is 5.78. The third kappa shape index (κ3) is 4.55. The highest BCUT2D eigenvalue weighted by Gasteiger charge is 2.35. The van der Waals surface area contributed by atoms with Crippen LogP contribution in [0.2, 0.25) is 0 Å². The minimum Gasteiger partial charge on any atom is -0.368 e. The fraction of sp³-hybridized carbons (Fsp3) is 0.143. The summed E-state index contributed by atoms with van der Waals surface area (Å²) in [5.41, 5.74) is 7.46. The average molecular weight is 468 g/mol. The first-order valence-corrected chi connectivity index (χ1v) is 10.5. The number of nitro groups is 1. The molecule has 3 aromatic rings. The number of nitrogens with zero attached hydrogens (tertiary/aromatic N) is 4. The number of halogens is 1. The number of rotatable bonds is 6. The number of aromatic nitrogens is 1. The summed E-state index contributed by atoms with van der Waals surface area (Å²) in [6.07, 6.45) is -0.0269. The minimum absolute atomic E-state index is 0.0234. The summed E-state index contributed by atoms with van der Waals surface area (Å²) < 4.78 is 13.2. The van der Waals surface area contributed by atoms with Gasteiger partial charge in [-0.15, -0.1) is 11.3 Å². The maximum absolute atomic E-state index is 13.2. The lowest BCUT2D eigenvalue weighted by Crippen LogP contribution is -2.39. The van der Waals surface area contributed by atoms with Crippen molar-refractivity contribution in [3.63, 3.8) is 0 Å². The number of hydrazone groups is 1. The minimum atomic E-state index is -0.892. The number of nitrogens with one attached hydrogen (secondary N) is 1. The Kier molecular flexibility index (Phi) is 5.84. The number of anilines is 2. The summed E-state index contributed by atoms with van der Waals surface area (Å²) in [5, 5.41) is 21.2. The number of thiazole rings is 1. The topological polar surface area (TPSA) is 144 Å². The lowest BCUT2D eigenvalue weighted by Gasteiger charge is -2.20. The lowest BCUT2D eigenvalue weighted by molar-refractivity contribution is -0.385. The second kappa shape index (κ2) is 8.74. The fourth-order valence-electron chi connectivity index (χ4n) is 3.30. The van der Waals surface area contributed by atoms with Crippen LogP contribution >= 0.6 is 11.3 Å². The Morgan fingerprint density at radius 3 is 2.67 bits per heavy atom. The highest BCUT2D eigenvalue weighted by atomic mass is 32.1. The van der Waals surface area contributed by atoms with Crippen LogP contribution in [0.3, 0.4) is 0 Å². The Hall–Kier alpha value is -4.19. The maximum Gasteiger partial charge on any atom is 0.273 e. The first-order chi connectivity index (χ1) is 15.7. The van der Waals surface area contributed by atoms with Gasteiger partial charge in [0.05, 0.1) is 16.3 Å². The zero-order valence-corrected chi connectivity index (χ0v) is 18.0. The van der Waals surface area contributed by atoms with Gasteiger partial charge in [-0.3, -0.25) is 30.0 Å². The van der Waals surface area contributed by atoms with E-state index in [-0.39, 0.29) is 23.0 Å². The zero-order valence-electron chi connectivity index (χ0n) is 17.2. The highest BCUT2D eigenvalue weighted by Crippen LogP contribution is 2.30. The van der Waals surface area contributed by atoms with Gasteiger partial charge < -0.3 is 5.73 Å². The van der Waals surface area contributed by atoms with Gasteiger partial charge in [-0.05, 0) is 31.2 Å². The molecule has 0 spiro atoms. The molecule has 0 saturated heterocycles. The van der Waals surface area contributed by atoms with Gasteiger partial charge in [0, 0.05) is 29.0 Å². The molecule has 0 bridgehead atoms. The van der Waals surface area contributed by atoms with Gasteiger partial charge >= 0.3 is 0 Å². The summed E-state index contributed by atoms with van der Waals surface area (Å²) in [6, 6.07) is 9.17. The van der Waals surface area contributed by atoms with E-state index in [4.69, 9.17) is 5.73 Å². The molecular formula is C21H17FN6O4S. The van der Waals surface area contributed by atoms with Crippen LogP contribution in [0, 0.1) is 22.9 Å². The number of hydrogen-bond acceptors (Lipinski definition) is 8. The van der Waals surface area contributed by atoms with E-state index in [1.165, 1.54) is 35.3 Å². The SMILES string of the molecule is Cc1ccc(-c2csc(NC(=O)C3=NN(c4ccc(F)cc4)C(C(N)=O)C3)n2)cc1[N+](=O)[O-]. The largest absolute Gasteiger partial charge is 0.368 e. The van der Waals surface area contributed by atoms with Crippen molar-refractivity contribution in [1.29, 1.82) is 0 Å². The molecule has 33 heavy (non-hydrogen) atoms. The van der Waals surface area contributed by atoms with Crippen molar-refractivity contribution in [3.8, 4) is 11.3 Å². The molecule has 1 atom stereocenters. The summed E-state index contributed by atoms with van der Waals surface area (Å²) in [6.45, 7) is 1.64. The van der Waals surface area contributed by atoms with E-state index in [1.54, 1.807) is 24.4 Å². The molecule has 0 aliphatic carbocycles. The van der Waals surface area contributed by atoms with E-state index in [9.17, 15) is 24.1 Å². The van der Waals surface area contributed by atoms with Gasteiger partial charge in [0.25, 0.3) is 11.6 Å². The van der Waals surface area contributed by atoms with Crippen LogP contribution in [-0.4, -0.2) is 33.5 Å². The molecule has 2 amide bonds. The van der Waals surface area contributed by atoms with Crippen molar-refractivity contribution in [2.75, 3.05) is 10.3 Å². The summed E-state index contributed by atoms with van der Waals surface area (Å²) in [5.74, 6) is -1.70. The van der Waals surface area contributed by atoms with Gasteiger partial charge in [0.15, 0.2) is 5.13 Å². The van der Waals surface area contributed by atoms with E-state index >= 15 is 0 Å². The van der Waals surface area contributed by atoms with Gasteiger partial charge in [-0.2, -0.15) is 5.10 Å². The van der Waals surface area contributed by atoms with Gasteiger partial charge in [-0.1, -0.05) is 12.1 Å².